The first kappa shape index (κ1) is 22.0. The number of hydrogen-bond donors (Lipinski definition) is 2. The number of hydrogen-bond acceptors (Lipinski definition) is 7. The Labute approximate surface area is 200 Å². The molecule has 1 unspecified atom stereocenters. The van der Waals surface area contributed by atoms with E-state index in [-0.39, 0.29) is 12.7 Å². The molecule has 0 amide bonds. The van der Waals surface area contributed by atoms with Crippen molar-refractivity contribution in [3.63, 3.8) is 0 Å². The van der Waals surface area contributed by atoms with Gasteiger partial charge in [-0.3, -0.25) is 9.58 Å². The average Bonchev–Trinajstić information content (AvgIpc) is 3.25. The highest BCUT2D eigenvalue weighted by atomic mass is 79.9. The number of morpholine rings is 1. The molecule has 3 heterocycles. The quantitative estimate of drug-likeness (QED) is 0.410. The van der Waals surface area contributed by atoms with Crippen molar-refractivity contribution >= 4 is 38.5 Å². The van der Waals surface area contributed by atoms with E-state index in [9.17, 15) is 5.11 Å². The lowest BCUT2D eigenvalue weighted by atomic mass is 10.0. The minimum Gasteiger partial charge on any atom is -0.394 e. The van der Waals surface area contributed by atoms with Crippen LogP contribution >= 0.6 is 15.9 Å². The molecule has 170 valence electrons. The summed E-state index contributed by atoms with van der Waals surface area (Å²) in [5.74, 6) is 0.547. The van der Waals surface area contributed by atoms with E-state index in [1.807, 2.05) is 43.8 Å². The number of benzene rings is 2. The number of aliphatic hydroxyl groups is 1. The molecule has 1 fully saturated rings. The third-order valence-corrected chi connectivity index (χ3v) is 6.15. The zero-order chi connectivity index (χ0) is 22.8. The third kappa shape index (κ3) is 5.22. The molecule has 4 aromatic rings. The maximum Gasteiger partial charge on any atom is 0.227 e. The SMILES string of the molecule is Cn1cc(-c2cc(CN3CCOC(CO)C3)cc(Nc3ncc4cc(Br)ccc4n3)c2)cn1. The minimum atomic E-state index is -0.135. The highest BCUT2D eigenvalue weighted by Gasteiger charge is 2.20. The van der Waals surface area contributed by atoms with Crippen molar-refractivity contribution in [2.24, 2.45) is 7.05 Å². The fourth-order valence-corrected chi connectivity index (χ4v) is 4.46. The van der Waals surface area contributed by atoms with Crippen molar-refractivity contribution in [2.75, 3.05) is 31.6 Å². The van der Waals surface area contributed by atoms with Gasteiger partial charge in [-0.05, 0) is 47.5 Å². The number of fused-ring (bicyclic) bond motifs is 1. The number of aromatic nitrogens is 4. The Kier molecular flexibility index (Phi) is 6.37. The van der Waals surface area contributed by atoms with E-state index in [2.05, 4.69) is 59.4 Å². The summed E-state index contributed by atoms with van der Waals surface area (Å²) in [5.41, 5.74) is 5.06. The molecule has 0 bridgehead atoms. The molecule has 8 nitrogen and oxygen atoms in total. The molecule has 1 aliphatic heterocycles. The minimum absolute atomic E-state index is 0.0366. The number of aryl methyl sites for hydroxylation is 1. The van der Waals surface area contributed by atoms with Crippen LogP contribution in [0.5, 0.6) is 0 Å². The first-order valence-electron chi connectivity index (χ1n) is 10.8. The van der Waals surface area contributed by atoms with Gasteiger partial charge in [-0.1, -0.05) is 15.9 Å². The van der Waals surface area contributed by atoms with Crippen molar-refractivity contribution in [3.8, 4) is 11.1 Å². The first-order chi connectivity index (χ1) is 16.1. The maximum absolute atomic E-state index is 9.48. The Morgan fingerprint density at radius 1 is 1.18 bits per heavy atom. The largest absolute Gasteiger partial charge is 0.394 e. The fraction of sp³-hybridized carbons (Fsp3) is 0.292. The molecule has 0 radical (unpaired) electrons. The average molecular weight is 509 g/mol. The predicted octanol–water partition coefficient (Wildman–Crippen LogP) is 3.73. The standard InChI is InChI=1S/C24H25BrN6O2/c1-30-13-19(11-27-30)17-6-16(12-31-4-5-33-22(14-31)15-32)7-21(9-17)28-24-26-10-18-8-20(25)2-3-23(18)29-24/h2-3,6-11,13,22,32H,4-5,12,14-15H2,1H3,(H,26,28,29). The Morgan fingerprint density at radius 2 is 2.09 bits per heavy atom. The van der Waals surface area contributed by atoms with Crippen molar-refractivity contribution in [1.29, 1.82) is 0 Å². The van der Waals surface area contributed by atoms with Crippen LogP contribution in [-0.2, 0) is 18.3 Å². The van der Waals surface area contributed by atoms with Crippen LogP contribution in [0.25, 0.3) is 22.0 Å². The monoisotopic (exact) mass is 508 g/mol. The number of nitrogens with zero attached hydrogens (tertiary/aromatic N) is 5. The molecule has 2 aromatic carbocycles. The Morgan fingerprint density at radius 3 is 2.91 bits per heavy atom. The van der Waals surface area contributed by atoms with Gasteiger partial charge in [0, 0.05) is 60.2 Å². The van der Waals surface area contributed by atoms with Gasteiger partial charge in [-0.25, -0.2) is 9.97 Å². The number of aliphatic hydroxyl groups excluding tert-OH is 1. The van der Waals surface area contributed by atoms with Crippen LogP contribution in [0.3, 0.4) is 0 Å². The van der Waals surface area contributed by atoms with Gasteiger partial charge in [0.15, 0.2) is 0 Å². The second-order valence-electron chi connectivity index (χ2n) is 8.25. The van der Waals surface area contributed by atoms with Gasteiger partial charge < -0.3 is 15.2 Å². The topological polar surface area (TPSA) is 88.3 Å². The van der Waals surface area contributed by atoms with Crippen LogP contribution in [0.15, 0.2) is 59.5 Å². The van der Waals surface area contributed by atoms with E-state index < -0.39 is 0 Å². The predicted molar refractivity (Wildman–Crippen MR) is 131 cm³/mol. The van der Waals surface area contributed by atoms with Crippen molar-refractivity contribution < 1.29 is 9.84 Å². The van der Waals surface area contributed by atoms with Crippen molar-refractivity contribution in [2.45, 2.75) is 12.6 Å². The summed E-state index contributed by atoms with van der Waals surface area (Å²) in [6.07, 6.45) is 5.56. The van der Waals surface area contributed by atoms with Gasteiger partial charge in [0.1, 0.15) is 0 Å². The molecule has 0 aliphatic carbocycles. The number of nitrogens with one attached hydrogen (secondary N) is 1. The van der Waals surface area contributed by atoms with Gasteiger partial charge >= 0.3 is 0 Å². The summed E-state index contributed by atoms with van der Waals surface area (Å²) in [4.78, 5) is 11.5. The molecular weight excluding hydrogens is 484 g/mol. The Bertz CT molecular complexity index is 1280. The van der Waals surface area contributed by atoms with E-state index >= 15 is 0 Å². The summed E-state index contributed by atoms with van der Waals surface area (Å²) in [5, 5.41) is 18.2. The maximum atomic E-state index is 9.48. The smallest absolute Gasteiger partial charge is 0.227 e. The summed E-state index contributed by atoms with van der Waals surface area (Å²) < 4.78 is 8.40. The van der Waals surface area contributed by atoms with Gasteiger partial charge in [-0.2, -0.15) is 5.10 Å². The molecular formula is C24H25BrN6O2. The molecule has 2 N–H and O–H groups in total. The van der Waals surface area contributed by atoms with E-state index in [1.165, 1.54) is 0 Å². The number of anilines is 2. The van der Waals surface area contributed by atoms with Crippen molar-refractivity contribution in [3.05, 3.63) is 65.0 Å². The van der Waals surface area contributed by atoms with Crippen LogP contribution in [0.1, 0.15) is 5.56 Å². The van der Waals surface area contributed by atoms with E-state index in [0.29, 0.717) is 19.1 Å². The molecule has 5 rings (SSSR count). The van der Waals surface area contributed by atoms with Crippen molar-refractivity contribution in [1.82, 2.24) is 24.6 Å². The molecule has 9 heteroatoms. The number of halogens is 1. The summed E-state index contributed by atoms with van der Waals surface area (Å²) in [6, 6.07) is 12.3. The molecule has 0 saturated carbocycles. The zero-order valence-electron chi connectivity index (χ0n) is 18.3. The molecule has 0 spiro atoms. The van der Waals surface area contributed by atoms with E-state index in [0.717, 1.165) is 50.8 Å². The van der Waals surface area contributed by atoms with Gasteiger partial charge in [-0.15, -0.1) is 0 Å². The summed E-state index contributed by atoms with van der Waals surface area (Å²) in [6.45, 7) is 2.96. The lowest BCUT2D eigenvalue weighted by Gasteiger charge is -2.32. The molecule has 33 heavy (non-hydrogen) atoms. The highest BCUT2D eigenvalue weighted by molar-refractivity contribution is 9.10. The molecule has 1 aliphatic rings. The van der Waals surface area contributed by atoms with Crippen LogP contribution < -0.4 is 5.32 Å². The van der Waals surface area contributed by atoms with Gasteiger partial charge in [0.25, 0.3) is 0 Å². The Balaban J connectivity index is 1.45. The Hall–Kier alpha value is -2.85. The molecule has 1 atom stereocenters. The van der Waals surface area contributed by atoms with E-state index in [4.69, 9.17) is 4.74 Å². The van der Waals surface area contributed by atoms with E-state index in [1.54, 1.807) is 4.68 Å². The summed E-state index contributed by atoms with van der Waals surface area (Å²) >= 11 is 3.49. The highest BCUT2D eigenvalue weighted by Crippen LogP contribution is 2.28. The van der Waals surface area contributed by atoms with Crippen LogP contribution in [0.4, 0.5) is 11.6 Å². The molecule has 1 saturated heterocycles. The second kappa shape index (κ2) is 9.56. The number of ether oxygens (including phenoxy) is 1. The normalized spacial score (nSPS) is 16.9. The zero-order valence-corrected chi connectivity index (χ0v) is 19.9. The van der Waals surface area contributed by atoms with Crippen LogP contribution in [0.2, 0.25) is 0 Å². The lowest BCUT2D eigenvalue weighted by molar-refractivity contribution is -0.0550. The third-order valence-electron chi connectivity index (χ3n) is 5.66. The van der Waals surface area contributed by atoms with Crippen LogP contribution in [-0.4, -0.2) is 62.2 Å². The number of rotatable bonds is 6. The lowest BCUT2D eigenvalue weighted by Crippen LogP contribution is -2.43. The molecule has 2 aromatic heterocycles. The fourth-order valence-electron chi connectivity index (χ4n) is 4.08. The first-order valence-corrected chi connectivity index (χ1v) is 11.6. The van der Waals surface area contributed by atoms with Gasteiger partial charge in [0.2, 0.25) is 5.95 Å². The summed E-state index contributed by atoms with van der Waals surface area (Å²) in [7, 11) is 1.91. The van der Waals surface area contributed by atoms with Crippen LogP contribution in [0, 0.1) is 0 Å². The second-order valence-corrected chi connectivity index (χ2v) is 9.17. The van der Waals surface area contributed by atoms with Gasteiger partial charge in [0.05, 0.1) is 31.0 Å².